The zero-order valence-corrected chi connectivity index (χ0v) is 8.57. The third-order valence-electron chi connectivity index (χ3n) is 1.20. The van der Waals surface area contributed by atoms with Crippen LogP contribution >= 0.6 is 23.6 Å². The van der Waals surface area contributed by atoms with Crippen molar-refractivity contribution in [3.8, 4) is 0 Å². The van der Waals surface area contributed by atoms with E-state index >= 15 is 0 Å². The largest absolute Gasteiger partial charge is 0.462 e. The second kappa shape index (κ2) is 3.75. The van der Waals surface area contributed by atoms with Crippen molar-refractivity contribution in [1.82, 2.24) is 9.78 Å². The number of ether oxygens (including phenoxy) is 1. The van der Waals surface area contributed by atoms with Crippen LogP contribution < -0.4 is 0 Å². The van der Waals surface area contributed by atoms with Crippen LogP contribution in [0.2, 0.25) is 0 Å². The summed E-state index contributed by atoms with van der Waals surface area (Å²) in [5.41, 5.74) is 0. The Balaban J connectivity index is 3.09. The Hall–Kier alpha value is -1.08. The van der Waals surface area contributed by atoms with Gasteiger partial charge in [0.05, 0.1) is 7.11 Å². The summed E-state index contributed by atoms with van der Waals surface area (Å²) in [6.45, 7) is 1.70. The van der Waals surface area contributed by atoms with Gasteiger partial charge in [-0.15, -0.1) is 0 Å². The van der Waals surface area contributed by atoms with E-state index in [-0.39, 0.29) is 3.95 Å². The highest BCUT2D eigenvalue weighted by Gasteiger charge is 2.18. The molecule has 5 nitrogen and oxygen atoms in total. The third kappa shape index (κ3) is 1.99. The molecule has 1 aromatic heterocycles. The highest BCUT2D eigenvalue weighted by molar-refractivity contribution is 7.73. The summed E-state index contributed by atoms with van der Waals surface area (Å²) in [5, 5.41) is 4.39. The second-order valence-corrected chi connectivity index (χ2v) is 3.92. The van der Waals surface area contributed by atoms with E-state index in [1.165, 1.54) is 0 Å². The quantitative estimate of drug-likeness (QED) is 0.366. The van der Waals surface area contributed by atoms with Crippen LogP contribution in [0.5, 0.6) is 0 Å². The first-order chi connectivity index (χ1) is 6.06. The van der Waals surface area contributed by atoms with E-state index in [1.54, 1.807) is 6.92 Å². The summed E-state index contributed by atoms with van der Waals surface area (Å²) in [7, 11) is 1.13. The number of carbonyl (C=O) groups is 2. The minimum absolute atomic E-state index is 0.243. The molecule has 1 rings (SSSR count). The Morgan fingerprint density at radius 2 is 2.23 bits per heavy atom. The van der Waals surface area contributed by atoms with Crippen LogP contribution in [0.15, 0.2) is 0 Å². The van der Waals surface area contributed by atoms with Crippen molar-refractivity contribution in [1.29, 1.82) is 0 Å². The molecule has 0 aromatic carbocycles. The lowest BCUT2D eigenvalue weighted by Gasteiger charge is -1.95. The van der Waals surface area contributed by atoms with Gasteiger partial charge in [-0.05, 0) is 19.1 Å². The molecule has 0 bridgehead atoms. The molecule has 0 spiro atoms. The molecule has 0 fully saturated rings. The van der Waals surface area contributed by atoms with Gasteiger partial charge in [-0.1, -0.05) is 11.3 Å². The maximum absolute atomic E-state index is 11.2. The molecule has 0 atom stereocenters. The molecule has 0 unspecified atom stereocenters. The summed E-state index contributed by atoms with van der Waals surface area (Å²) in [5.74, 6) is -1.83. The fourth-order valence-corrected chi connectivity index (χ4v) is 1.74. The second-order valence-electron chi connectivity index (χ2n) is 2.10. The van der Waals surface area contributed by atoms with Crippen LogP contribution in [-0.4, -0.2) is 28.8 Å². The molecular weight excluding hydrogens is 212 g/mol. The lowest BCUT2D eigenvalue weighted by atomic mass is 10.6. The Kier molecular flexibility index (Phi) is 2.89. The molecule has 1 aromatic rings. The van der Waals surface area contributed by atoms with Crippen molar-refractivity contribution in [3.05, 3.63) is 8.96 Å². The SMILES string of the molecule is COC(=O)C(=O)n1nc(C)sc1=S. The molecule has 0 amide bonds. The summed E-state index contributed by atoms with van der Waals surface area (Å²) in [6, 6.07) is 0. The van der Waals surface area contributed by atoms with Gasteiger partial charge in [-0.2, -0.15) is 9.78 Å². The number of methoxy groups -OCH3 is 1. The molecule has 1 heterocycles. The fraction of sp³-hybridized carbons (Fsp3) is 0.333. The normalized spacial score (nSPS) is 9.69. The summed E-state index contributed by atoms with van der Waals surface area (Å²) < 4.78 is 5.35. The third-order valence-corrected chi connectivity index (χ3v) is 2.35. The molecule has 0 radical (unpaired) electrons. The molecule has 70 valence electrons. The topological polar surface area (TPSA) is 61.2 Å². The molecule has 13 heavy (non-hydrogen) atoms. The van der Waals surface area contributed by atoms with Gasteiger partial charge in [-0.3, -0.25) is 4.79 Å². The highest BCUT2D eigenvalue weighted by atomic mass is 32.1. The van der Waals surface area contributed by atoms with Crippen molar-refractivity contribution in [2.75, 3.05) is 7.11 Å². The van der Waals surface area contributed by atoms with E-state index in [2.05, 4.69) is 9.84 Å². The maximum atomic E-state index is 11.2. The molecule has 0 saturated carbocycles. The molecule has 7 heteroatoms. The standard InChI is InChI=1S/C6H6N2O3S2/c1-3-7-8(6(12)13-3)4(9)5(10)11-2/h1-2H3. The van der Waals surface area contributed by atoms with Crippen LogP contribution in [0.4, 0.5) is 0 Å². The van der Waals surface area contributed by atoms with Crippen molar-refractivity contribution in [3.63, 3.8) is 0 Å². The van der Waals surface area contributed by atoms with Crippen molar-refractivity contribution in [2.45, 2.75) is 6.92 Å². The van der Waals surface area contributed by atoms with Crippen LogP contribution in [-0.2, 0) is 9.53 Å². The molecule has 0 saturated heterocycles. The molecular formula is C6H6N2O3S2. The van der Waals surface area contributed by atoms with Gasteiger partial charge in [-0.25, -0.2) is 4.79 Å². The zero-order chi connectivity index (χ0) is 10.0. The van der Waals surface area contributed by atoms with Gasteiger partial charge in [0.15, 0.2) is 3.95 Å². The number of esters is 1. The highest BCUT2D eigenvalue weighted by Crippen LogP contribution is 2.06. The average Bonchev–Trinajstić information content (AvgIpc) is 2.42. The minimum atomic E-state index is -0.971. The number of aryl methyl sites for hydroxylation is 1. The predicted octanol–water partition coefficient (Wildman–Crippen LogP) is 0.796. The van der Waals surface area contributed by atoms with Gasteiger partial charge in [0, 0.05) is 0 Å². The molecule has 0 N–H and O–H groups in total. The summed E-state index contributed by atoms with van der Waals surface area (Å²) in [6.07, 6.45) is 0. The average molecular weight is 218 g/mol. The maximum Gasteiger partial charge on any atom is 0.399 e. The fourth-order valence-electron chi connectivity index (χ4n) is 0.674. The number of rotatable bonds is 0. The number of carbonyl (C=O) groups excluding carboxylic acids is 2. The van der Waals surface area contributed by atoms with Gasteiger partial charge in [0.1, 0.15) is 5.01 Å². The number of hydrogen-bond donors (Lipinski definition) is 0. The smallest absolute Gasteiger partial charge is 0.399 e. The first-order valence-electron chi connectivity index (χ1n) is 3.25. The predicted molar refractivity (Wildman–Crippen MR) is 48.3 cm³/mol. The van der Waals surface area contributed by atoms with E-state index in [4.69, 9.17) is 12.2 Å². The Bertz CT molecular complexity index is 406. The lowest BCUT2D eigenvalue weighted by molar-refractivity contribution is -0.135. The van der Waals surface area contributed by atoms with Crippen LogP contribution in [0, 0.1) is 10.9 Å². The van der Waals surface area contributed by atoms with Gasteiger partial charge in [0.2, 0.25) is 0 Å². The van der Waals surface area contributed by atoms with Crippen molar-refractivity contribution >= 4 is 35.4 Å². The summed E-state index contributed by atoms with van der Waals surface area (Å²) in [4.78, 5) is 22.0. The van der Waals surface area contributed by atoms with Crippen LogP contribution in [0.3, 0.4) is 0 Å². The Morgan fingerprint density at radius 3 is 2.62 bits per heavy atom. The van der Waals surface area contributed by atoms with Crippen molar-refractivity contribution < 1.29 is 14.3 Å². The number of aromatic nitrogens is 2. The lowest BCUT2D eigenvalue weighted by Crippen LogP contribution is -2.24. The van der Waals surface area contributed by atoms with E-state index in [9.17, 15) is 9.59 Å². The van der Waals surface area contributed by atoms with E-state index < -0.39 is 11.9 Å². The first kappa shape index (κ1) is 10.0. The van der Waals surface area contributed by atoms with Gasteiger partial charge >= 0.3 is 11.9 Å². The van der Waals surface area contributed by atoms with E-state index in [0.29, 0.717) is 5.01 Å². The number of nitrogens with zero attached hydrogens (tertiary/aromatic N) is 2. The zero-order valence-electron chi connectivity index (χ0n) is 6.94. The summed E-state index contributed by atoms with van der Waals surface area (Å²) >= 11 is 5.97. The van der Waals surface area contributed by atoms with Crippen molar-refractivity contribution in [2.24, 2.45) is 0 Å². The van der Waals surface area contributed by atoms with E-state index in [1.807, 2.05) is 0 Å². The Labute approximate surface area is 82.9 Å². The first-order valence-corrected chi connectivity index (χ1v) is 4.48. The monoisotopic (exact) mass is 218 g/mol. The van der Waals surface area contributed by atoms with Gasteiger partial charge < -0.3 is 4.74 Å². The van der Waals surface area contributed by atoms with Crippen LogP contribution in [0.25, 0.3) is 0 Å². The Morgan fingerprint density at radius 1 is 1.62 bits per heavy atom. The molecule has 0 aliphatic heterocycles. The van der Waals surface area contributed by atoms with Crippen LogP contribution in [0.1, 0.15) is 9.80 Å². The molecule has 0 aliphatic carbocycles. The van der Waals surface area contributed by atoms with E-state index in [0.717, 1.165) is 23.1 Å². The molecule has 0 aliphatic rings. The number of hydrogen-bond acceptors (Lipinski definition) is 6. The van der Waals surface area contributed by atoms with Gasteiger partial charge in [0.25, 0.3) is 0 Å². The minimum Gasteiger partial charge on any atom is -0.462 e.